The number of hydrogen-bond donors (Lipinski definition) is 0. The van der Waals surface area contributed by atoms with Gasteiger partial charge >= 0.3 is 6.09 Å². The molecule has 3 saturated heterocycles. The summed E-state index contributed by atoms with van der Waals surface area (Å²) in [5, 5.41) is 0. The van der Waals surface area contributed by atoms with Crippen molar-refractivity contribution in [3.05, 3.63) is 0 Å². The summed E-state index contributed by atoms with van der Waals surface area (Å²) < 4.78 is 5.82. The highest BCUT2D eigenvalue weighted by molar-refractivity contribution is 5.78. The van der Waals surface area contributed by atoms with Gasteiger partial charge in [0.25, 0.3) is 0 Å². The van der Waals surface area contributed by atoms with Crippen LogP contribution in [0.4, 0.5) is 4.79 Å². The lowest BCUT2D eigenvalue weighted by Crippen LogP contribution is -2.51. The zero-order chi connectivity index (χ0) is 19.4. The molecule has 3 aliphatic rings. The van der Waals surface area contributed by atoms with Crippen molar-refractivity contribution < 1.29 is 14.3 Å². The number of nitrogens with zero attached hydrogens (tertiary/aromatic N) is 3. The van der Waals surface area contributed by atoms with Gasteiger partial charge in [0.1, 0.15) is 5.60 Å². The molecular weight excluding hydrogens is 342 g/mol. The van der Waals surface area contributed by atoms with E-state index in [1.807, 2.05) is 9.80 Å². The SMILES string of the molecule is CCC(CC)CN1CC2(CCN(C(=O)CN3CCC[C@H](C)C3)CC2)OC1=O. The molecule has 0 aromatic carbocycles. The molecule has 0 aliphatic carbocycles. The van der Waals surface area contributed by atoms with Gasteiger partial charge in [-0.2, -0.15) is 0 Å². The Kier molecular flexibility index (Phi) is 6.66. The minimum atomic E-state index is -0.375. The summed E-state index contributed by atoms with van der Waals surface area (Å²) in [6.07, 6.45) is 6.01. The van der Waals surface area contributed by atoms with Crippen LogP contribution in [-0.2, 0) is 9.53 Å². The fourth-order valence-corrected chi connectivity index (χ4v) is 4.84. The quantitative estimate of drug-likeness (QED) is 0.712. The molecule has 3 aliphatic heterocycles. The molecule has 0 aromatic heterocycles. The van der Waals surface area contributed by atoms with E-state index in [-0.39, 0.29) is 17.6 Å². The van der Waals surface area contributed by atoms with E-state index in [1.165, 1.54) is 12.8 Å². The number of rotatable bonds is 6. The highest BCUT2D eigenvalue weighted by atomic mass is 16.6. The maximum absolute atomic E-state index is 12.7. The lowest BCUT2D eigenvalue weighted by atomic mass is 9.91. The largest absolute Gasteiger partial charge is 0.441 e. The summed E-state index contributed by atoms with van der Waals surface area (Å²) in [5.41, 5.74) is -0.375. The van der Waals surface area contributed by atoms with Crippen molar-refractivity contribution in [2.24, 2.45) is 11.8 Å². The van der Waals surface area contributed by atoms with Crippen molar-refractivity contribution in [2.75, 3.05) is 45.8 Å². The van der Waals surface area contributed by atoms with Crippen LogP contribution in [0, 0.1) is 11.8 Å². The normalized spacial score (nSPS) is 26.1. The molecule has 3 heterocycles. The van der Waals surface area contributed by atoms with Crippen LogP contribution in [0.3, 0.4) is 0 Å². The molecule has 3 rings (SSSR count). The van der Waals surface area contributed by atoms with Crippen LogP contribution in [0.1, 0.15) is 59.3 Å². The third kappa shape index (κ3) is 4.95. The van der Waals surface area contributed by atoms with Crippen LogP contribution in [0.15, 0.2) is 0 Å². The number of piperidine rings is 2. The Bertz CT molecular complexity index is 527. The summed E-state index contributed by atoms with van der Waals surface area (Å²) >= 11 is 0. The number of hydrogen-bond acceptors (Lipinski definition) is 4. The first-order chi connectivity index (χ1) is 12.9. The summed E-state index contributed by atoms with van der Waals surface area (Å²) in [7, 11) is 0. The number of carbonyl (C=O) groups is 2. The molecule has 0 radical (unpaired) electrons. The zero-order valence-corrected chi connectivity index (χ0v) is 17.4. The molecular formula is C21H37N3O3. The first kappa shape index (κ1) is 20.4. The predicted molar refractivity (Wildman–Crippen MR) is 106 cm³/mol. The minimum Gasteiger partial charge on any atom is -0.441 e. The van der Waals surface area contributed by atoms with Crippen LogP contribution < -0.4 is 0 Å². The van der Waals surface area contributed by atoms with Gasteiger partial charge in [0.15, 0.2) is 0 Å². The Morgan fingerprint density at radius 3 is 2.56 bits per heavy atom. The second-order valence-corrected chi connectivity index (χ2v) is 8.98. The van der Waals surface area contributed by atoms with E-state index < -0.39 is 0 Å². The standard InChI is InChI=1S/C21H37N3O3/c1-4-18(5-2)14-24-16-21(27-20(24)26)8-11-23(12-9-21)19(25)15-22-10-6-7-17(3)13-22/h17-18H,4-16H2,1-3H3/t17-/m0/s1. The highest BCUT2D eigenvalue weighted by Gasteiger charge is 2.47. The highest BCUT2D eigenvalue weighted by Crippen LogP contribution is 2.34. The van der Waals surface area contributed by atoms with Gasteiger partial charge in [0.05, 0.1) is 13.1 Å². The number of likely N-dealkylation sites (tertiary alicyclic amines) is 2. The van der Waals surface area contributed by atoms with Crippen LogP contribution in [0.5, 0.6) is 0 Å². The summed E-state index contributed by atoms with van der Waals surface area (Å²) in [6, 6.07) is 0. The zero-order valence-electron chi connectivity index (χ0n) is 17.4. The van der Waals surface area contributed by atoms with E-state index in [2.05, 4.69) is 25.7 Å². The van der Waals surface area contributed by atoms with E-state index in [1.54, 1.807) is 0 Å². The first-order valence-corrected chi connectivity index (χ1v) is 10.9. The van der Waals surface area contributed by atoms with Crippen molar-refractivity contribution in [3.63, 3.8) is 0 Å². The number of ether oxygens (including phenoxy) is 1. The molecule has 0 N–H and O–H groups in total. The maximum Gasteiger partial charge on any atom is 0.410 e. The third-order valence-corrected chi connectivity index (χ3v) is 6.80. The van der Waals surface area contributed by atoms with Gasteiger partial charge in [-0.15, -0.1) is 0 Å². The van der Waals surface area contributed by atoms with Gasteiger partial charge < -0.3 is 14.5 Å². The van der Waals surface area contributed by atoms with Gasteiger partial charge in [-0.1, -0.05) is 33.6 Å². The Morgan fingerprint density at radius 1 is 1.22 bits per heavy atom. The molecule has 0 saturated carbocycles. The number of amides is 2. The van der Waals surface area contributed by atoms with Gasteiger partial charge in [-0.25, -0.2) is 4.79 Å². The third-order valence-electron chi connectivity index (χ3n) is 6.80. The average molecular weight is 380 g/mol. The smallest absolute Gasteiger partial charge is 0.410 e. The summed E-state index contributed by atoms with van der Waals surface area (Å²) in [4.78, 5) is 31.2. The maximum atomic E-state index is 12.7. The molecule has 0 bridgehead atoms. The van der Waals surface area contributed by atoms with Crippen LogP contribution in [-0.4, -0.2) is 78.1 Å². The van der Waals surface area contributed by atoms with E-state index in [9.17, 15) is 9.59 Å². The van der Waals surface area contributed by atoms with E-state index >= 15 is 0 Å². The van der Waals surface area contributed by atoms with Crippen LogP contribution in [0.2, 0.25) is 0 Å². The van der Waals surface area contributed by atoms with Crippen molar-refractivity contribution in [1.29, 1.82) is 0 Å². The van der Waals surface area contributed by atoms with Crippen molar-refractivity contribution in [1.82, 2.24) is 14.7 Å². The topological polar surface area (TPSA) is 53.1 Å². The molecule has 1 spiro atoms. The Balaban J connectivity index is 1.48. The fourth-order valence-electron chi connectivity index (χ4n) is 4.84. The molecule has 27 heavy (non-hydrogen) atoms. The second kappa shape index (κ2) is 8.80. The Morgan fingerprint density at radius 2 is 1.93 bits per heavy atom. The molecule has 0 aromatic rings. The lowest BCUT2D eigenvalue weighted by molar-refractivity contribution is -0.136. The summed E-state index contributed by atoms with van der Waals surface area (Å²) in [5.74, 6) is 1.47. The molecule has 1 atom stereocenters. The molecule has 6 nitrogen and oxygen atoms in total. The molecule has 0 unspecified atom stereocenters. The van der Waals surface area contributed by atoms with Gasteiger partial charge in [0.2, 0.25) is 5.91 Å². The van der Waals surface area contributed by atoms with Crippen molar-refractivity contribution in [3.8, 4) is 0 Å². The van der Waals surface area contributed by atoms with Crippen molar-refractivity contribution in [2.45, 2.75) is 64.9 Å². The van der Waals surface area contributed by atoms with E-state index in [4.69, 9.17) is 4.74 Å². The lowest BCUT2D eigenvalue weighted by Gasteiger charge is -2.39. The molecule has 2 amide bonds. The Hall–Kier alpha value is -1.30. The van der Waals surface area contributed by atoms with E-state index in [0.717, 1.165) is 45.3 Å². The monoisotopic (exact) mass is 379 g/mol. The average Bonchev–Trinajstić information content (AvgIpc) is 2.95. The predicted octanol–water partition coefficient (Wildman–Crippen LogP) is 2.97. The van der Waals surface area contributed by atoms with Crippen LogP contribution in [0.25, 0.3) is 0 Å². The van der Waals surface area contributed by atoms with Crippen LogP contribution >= 0.6 is 0 Å². The van der Waals surface area contributed by atoms with Gasteiger partial charge in [-0.3, -0.25) is 9.69 Å². The molecule has 154 valence electrons. The first-order valence-electron chi connectivity index (χ1n) is 10.9. The van der Waals surface area contributed by atoms with E-state index in [0.29, 0.717) is 38.0 Å². The minimum absolute atomic E-state index is 0.163. The van der Waals surface area contributed by atoms with Gasteiger partial charge in [0, 0.05) is 39.0 Å². The Labute approximate surface area is 164 Å². The summed E-state index contributed by atoms with van der Waals surface area (Å²) in [6.45, 7) is 12.1. The molecule has 3 fully saturated rings. The second-order valence-electron chi connectivity index (χ2n) is 8.98. The number of carbonyl (C=O) groups excluding carboxylic acids is 2. The fraction of sp³-hybridized carbons (Fsp3) is 0.905. The van der Waals surface area contributed by atoms with Crippen molar-refractivity contribution >= 4 is 12.0 Å². The molecule has 6 heteroatoms. The van der Waals surface area contributed by atoms with Gasteiger partial charge in [-0.05, 0) is 31.2 Å².